The normalized spacial score (nSPS) is 25.1. The van der Waals surface area contributed by atoms with E-state index in [0.29, 0.717) is 5.54 Å². The van der Waals surface area contributed by atoms with Crippen LogP contribution in [0.1, 0.15) is 43.4 Å². The third kappa shape index (κ3) is 2.95. The highest BCUT2D eigenvalue weighted by Crippen LogP contribution is 2.31. The van der Waals surface area contributed by atoms with Crippen LogP contribution in [0.2, 0.25) is 0 Å². The maximum atomic E-state index is 3.87. The van der Waals surface area contributed by atoms with Crippen molar-refractivity contribution >= 4 is 11.3 Å². The van der Waals surface area contributed by atoms with Gasteiger partial charge in [0.15, 0.2) is 0 Å². The minimum atomic E-state index is 0.437. The minimum absolute atomic E-state index is 0.437. The van der Waals surface area contributed by atoms with Crippen LogP contribution in [0.5, 0.6) is 0 Å². The Morgan fingerprint density at radius 2 is 2.11 bits per heavy atom. The van der Waals surface area contributed by atoms with Crippen LogP contribution >= 0.6 is 11.3 Å². The predicted octanol–water partition coefficient (Wildman–Crippen LogP) is 3.25. The van der Waals surface area contributed by atoms with E-state index in [1.807, 2.05) is 11.3 Å². The smallest absolute Gasteiger partial charge is 0.0328 e. The zero-order chi connectivity index (χ0) is 12.3. The first-order chi connectivity index (χ1) is 8.86. The van der Waals surface area contributed by atoms with Crippen molar-refractivity contribution in [1.29, 1.82) is 0 Å². The fourth-order valence-corrected chi connectivity index (χ4v) is 4.29. The number of hydrogen-bond acceptors (Lipinski definition) is 3. The number of nitrogens with zero attached hydrogens (tertiary/aromatic N) is 1. The van der Waals surface area contributed by atoms with Crippen molar-refractivity contribution in [2.45, 2.75) is 50.6 Å². The van der Waals surface area contributed by atoms with E-state index in [4.69, 9.17) is 0 Å². The summed E-state index contributed by atoms with van der Waals surface area (Å²) in [6.45, 7) is 4.87. The zero-order valence-corrected chi connectivity index (χ0v) is 12.0. The van der Waals surface area contributed by atoms with Gasteiger partial charge in [0.1, 0.15) is 0 Å². The Balaban J connectivity index is 1.66. The van der Waals surface area contributed by atoms with Crippen molar-refractivity contribution in [2.75, 3.05) is 19.6 Å². The van der Waals surface area contributed by atoms with E-state index in [9.17, 15) is 0 Å². The summed E-state index contributed by atoms with van der Waals surface area (Å²) < 4.78 is 0. The summed E-state index contributed by atoms with van der Waals surface area (Å²) >= 11 is 1.90. The largest absolute Gasteiger partial charge is 0.310 e. The molecule has 0 amide bonds. The van der Waals surface area contributed by atoms with Gasteiger partial charge < -0.3 is 5.32 Å². The second-order valence-corrected chi connectivity index (χ2v) is 6.94. The molecule has 2 heterocycles. The van der Waals surface area contributed by atoms with E-state index in [2.05, 4.69) is 27.7 Å². The van der Waals surface area contributed by atoms with E-state index in [1.54, 1.807) is 0 Å². The molecule has 3 heteroatoms. The van der Waals surface area contributed by atoms with Crippen molar-refractivity contribution < 1.29 is 0 Å². The van der Waals surface area contributed by atoms with Crippen LogP contribution < -0.4 is 5.32 Å². The molecular weight excluding hydrogens is 240 g/mol. The second-order valence-electron chi connectivity index (χ2n) is 5.91. The summed E-state index contributed by atoms with van der Waals surface area (Å²) in [4.78, 5) is 4.19. The molecule has 1 aromatic heterocycles. The van der Waals surface area contributed by atoms with E-state index < -0.39 is 0 Å². The number of nitrogens with one attached hydrogen (secondary N) is 1. The highest BCUT2D eigenvalue weighted by atomic mass is 32.1. The summed E-state index contributed by atoms with van der Waals surface area (Å²) in [6, 6.07) is 4.45. The van der Waals surface area contributed by atoms with Crippen LogP contribution in [0.15, 0.2) is 17.5 Å². The average molecular weight is 264 g/mol. The van der Waals surface area contributed by atoms with Gasteiger partial charge in [-0.2, -0.15) is 0 Å². The van der Waals surface area contributed by atoms with Crippen molar-refractivity contribution in [2.24, 2.45) is 0 Å². The first-order valence-electron chi connectivity index (χ1n) is 7.36. The molecule has 3 rings (SSSR count). The van der Waals surface area contributed by atoms with E-state index in [-0.39, 0.29) is 0 Å². The topological polar surface area (TPSA) is 15.3 Å². The molecule has 1 saturated carbocycles. The second kappa shape index (κ2) is 5.72. The van der Waals surface area contributed by atoms with Gasteiger partial charge in [-0.1, -0.05) is 25.3 Å². The third-order valence-electron chi connectivity index (χ3n) is 4.45. The van der Waals surface area contributed by atoms with Crippen LogP contribution in [0.25, 0.3) is 0 Å². The van der Waals surface area contributed by atoms with Gasteiger partial charge in [-0.25, -0.2) is 0 Å². The Morgan fingerprint density at radius 3 is 2.89 bits per heavy atom. The molecule has 1 saturated heterocycles. The molecule has 1 aliphatic carbocycles. The maximum Gasteiger partial charge on any atom is 0.0328 e. The van der Waals surface area contributed by atoms with Crippen molar-refractivity contribution in [3.05, 3.63) is 22.4 Å². The average Bonchev–Trinajstić information content (AvgIpc) is 2.81. The van der Waals surface area contributed by atoms with Crippen molar-refractivity contribution in [3.63, 3.8) is 0 Å². The van der Waals surface area contributed by atoms with E-state index in [1.165, 1.54) is 63.0 Å². The Kier molecular flexibility index (Phi) is 4.02. The monoisotopic (exact) mass is 264 g/mol. The first-order valence-corrected chi connectivity index (χ1v) is 8.24. The summed E-state index contributed by atoms with van der Waals surface area (Å²) in [5, 5.41) is 6.06. The van der Waals surface area contributed by atoms with Gasteiger partial charge in [0.05, 0.1) is 0 Å². The highest BCUT2D eigenvalue weighted by Gasteiger charge is 2.34. The molecule has 0 unspecified atom stereocenters. The quantitative estimate of drug-likeness (QED) is 0.882. The first kappa shape index (κ1) is 12.6. The van der Waals surface area contributed by atoms with Crippen molar-refractivity contribution in [1.82, 2.24) is 10.2 Å². The summed E-state index contributed by atoms with van der Waals surface area (Å²) in [6.07, 6.45) is 8.34. The lowest BCUT2D eigenvalue weighted by molar-refractivity contribution is 0.160. The third-order valence-corrected chi connectivity index (χ3v) is 5.31. The molecule has 18 heavy (non-hydrogen) atoms. The van der Waals surface area contributed by atoms with Gasteiger partial charge in [-0.05, 0) is 43.8 Å². The maximum absolute atomic E-state index is 3.87. The molecular formula is C15H24N2S. The van der Waals surface area contributed by atoms with Gasteiger partial charge in [-0.3, -0.25) is 4.90 Å². The lowest BCUT2D eigenvalue weighted by Crippen LogP contribution is -2.52. The Morgan fingerprint density at radius 1 is 1.22 bits per heavy atom. The Hall–Kier alpha value is -0.380. The lowest BCUT2D eigenvalue weighted by atomic mass is 9.81. The lowest BCUT2D eigenvalue weighted by Gasteiger charge is -2.40. The van der Waals surface area contributed by atoms with Crippen LogP contribution in [0.4, 0.5) is 0 Å². The molecule has 1 spiro atoms. The summed E-state index contributed by atoms with van der Waals surface area (Å²) in [7, 11) is 0. The van der Waals surface area contributed by atoms with Crippen LogP contribution in [0, 0.1) is 0 Å². The number of hydrogen-bond donors (Lipinski definition) is 1. The van der Waals surface area contributed by atoms with Gasteiger partial charge in [0.2, 0.25) is 0 Å². The summed E-state index contributed by atoms with van der Waals surface area (Å²) in [5.41, 5.74) is 0.437. The number of rotatable bonds is 2. The predicted molar refractivity (Wildman–Crippen MR) is 78.0 cm³/mol. The fraction of sp³-hybridized carbons (Fsp3) is 0.733. The molecule has 2 aliphatic rings. The molecule has 0 radical (unpaired) electrons. The molecule has 1 aromatic rings. The van der Waals surface area contributed by atoms with Gasteiger partial charge in [0.25, 0.3) is 0 Å². The molecule has 100 valence electrons. The van der Waals surface area contributed by atoms with Crippen LogP contribution in [-0.4, -0.2) is 30.1 Å². The van der Waals surface area contributed by atoms with E-state index in [0.717, 1.165) is 6.54 Å². The molecule has 2 fully saturated rings. The van der Waals surface area contributed by atoms with Gasteiger partial charge in [-0.15, -0.1) is 11.3 Å². The minimum Gasteiger partial charge on any atom is -0.310 e. The zero-order valence-electron chi connectivity index (χ0n) is 11.2. The van der Waals surface area contributed by atoms with Gasteiger partial charge in [0, 0.05) is 23.5 Å². The Labute approximate surface area is 114 Å². The highest BCUT2D eigenvalue weighted by molar-refractivity contribution is 7.09. The van der Waals surface area contributed by atoms with Crippen LogP contribution in [-0.2, 0) is 6.54 Å². The molecule has 1 N–H and O–H groups in total. The summed E-state index contributed by atoms with van der Waals surface area (Å²) in [5.74, 6) is 0. The van der Waals surface area contributed by atoms with Crippen LogP contribution in [0.3, 0.4) is 0 Å². The molecule has 0 atom stereocenters. The molecule has 0 bridgehead atoms. The number of thiophene rings is 1. The standard InChI is InChI=1S/C15H24N2S/c1-2-7-15(8-3-1)13-17(10-5-9-16-15)12-14-6-4-11-18-14/h4,6,11,16H,1-3,5,7-10,12-13H2. The van der Waals surface area contributed by atoms with E-state index >= 15 is 0 Å². The molecule has 1 aliphatic heterocycles. The SMILES string of the molecule is c1csc(CN2CCCNC3(CCCCC3)C2)c1. The van der Waals surface area contributed by atoms with Gasteiger partial charge >= 0.3 is 0 Å². The Bertz CT molecular complexity index is 355. The molecule has 2 nitrogen and oxygen atoms in total. The fourth-order valence-electron chi connectivity index (χ4n) is 3.54. The van der Waals surface area contributed by atoms with Crippen molar-refractivity contribution in [3.8, 4) is 0 Å². The molecule has 0 aromatic carbocycles.